The molecule has 0 unspecified atom stereocenters. The van der Waals surface area contributed by atoms with E-state index < -0.39 is 23.9 Å². The van der Waals surface area contributed by atoms with Crippen LogP contribution in [-0.4, -0.2) is 34.1 Å². The van der Waals surface area contributed by atoms with E-state index in [0.717, 1.165) is 6.07 Å². The zero-order chi connectivity index (χ0) is 21.1. The Balaban J connectivity index is 1.73. The fourth-order valence-corrected chi connectivity index (χ4v) is 2.74. The summed E-state index contributed by atoms with van der Waals surface area (Å²) in [6.45, 7) is 1.36. The van der Waals surface area contributed by atoms with E-state index in [1.165, 1.54) is 31.2 Å². The van der Waals surface area contributed by atoms with Crippen molar-refractivity contribution in [3.63, 3.8) is 0 Å². The number of phenols is 2. The summed E-state index contributed by atoms with van der Waals surface area (Å²) in [6.07, 6.45) is -1.19. The first-order valence-electron chi connectivity index (χ1n) is 8.63. The van der Waals surface area contributed by atoms with Gasteiger partial charge in [-0.3, -0.25) is 9.59 Å². The molecule has 0 heterocycles. The molecule has 0 aliphatic carbocycles. The zero-order valence-corrected chi connectivity index (χ0v) is 15.4. The average molecular weight is 394 g/mol. The summed E-state index contributed by atoms with van der Waals surface area (Å²) in [6, 6.07) is 13.4. The predicted molar refractivity (Wildman–Crippen MR) is 106 cm³/mol. The Labute approximate surface area is 165 Å². The molecule has 1 atom stereocenters. The van der Waals surface area contributed by atoms with E-state index >= 15 is 0 Å². The molecule has 0 spiro atoms. The average Bonchev–Trinajstić information content (AvgIpc) is 2.71. The minimum Gasteiger partial charge on any atom is -0.507 e. The molecule has 0 radical (unpaired) electrons. The molecule has 3 aromatic rings. The molecule has 0 aliphatic heterocycles. The van der Waals surface area contributed by atoms with Crippen molar-refractivity contribution in [1.82, 2.24) is 0 Å². The van der Waals surface area contributed by atoms with Crippen LogP contribution in [0.1, 0.15) is 27.6 Å². The maximum Gasteiger partial charge on any atom is 0.342 e. The van der Waals surface area contributed by atoms with Crippen LogP contribution < -0.4 is 11.1 Å². The van der Waals surface area contributed by atoms with Crippen LogP contribution in [0.4, 0.5) is 5.69 Å². The summed E-state index contributed by atoms with van der Waals surface area (Å²) in [7, 11) is 0. The molecule has 3 rings (SSSR count). The Bertz CT molecular complexity index is 1110. The second kappa shape index (κ2) is 7.89. The molecule has 0 fully saturated rings. The lowest BCUT2D eigenvalue weighted by molar-refractivity contribution is -0.123. The van der Waals surface area contributed by atoms with Gasteiger partial charge in [-0.05, 0) is 37.3 Å². The monoisotopic (exact) mass is 394 g/mol. The number of esters is 1. The Morgan fingerprint density at radius 2 is 1.62 bits per heavy atom. The Kier molecular flexibility index (Phi) is 5.36. The van der Waals surface area contributed by atoms with Gasteiger partial charge in [-0.15, -0.1) is 0 Å². The van der Waals surface area contributed by atoms with E-state index in [-0.39, 0.29) is 28.0 Å². The molecule has 0 bridgehead atoms. The van der Waals surface area contributed by atoms with Gasteiger partial charge in [-0.1, -0.05) is 24.3 Å². The molecular formula is C21H18N2O6. The molecule has 148 valence electrons. The number of nitrogens with two attached hydrogens (primary N) is 1. The Morgan fingerprint density at radius 1 is 1.00 bits per heavy atom. The summed E-state index contributed by atoms with van der Waals surface area (Å²) >= 11 is 0. The molecule has 5 N–H and O–H groups in total. The highest BCUT2D eigenvalue weighted by molar-refractivity contribution is 6.05. The van der Waals surface area contributed by atoms with Crippen LogP contribution in [0.3, 0.4) is 0 Å². The first kappa shape index (κ1) is 19.7. The minimum absolute atomic E-state index is 0.197. The third-order valence-corrected chi connectivity index (χ3v) is 4.30. The number of carbonyl (C=O) groups is 3. The second-order valence-electron chi connectivity index (χ2n) is 6.32. The number of nitrogens with one attached hydrogen (secondary N) is 1. The number of primary amides is 1. The summed E-state index contributed by atoms with van der Waals surface area (Å²) in [4.78, 5) is 35.8. The summed E-state index contributed by atoms with van der Waals surface area (Å²) in [5.41, 5.74) is 5.57. The summed E-state index contributed by atoms with van der Waals surface area (Å²) in [5, 5.41) is 23.7. The van der Waals surface area contributed by atoms with E-state index in [4.69, 9.17) is 10.5 Å². The van der Waals surface area contributed by atoms with Gasteiger partial charge in [-0.25, -0.2) is 4.79 Å². The van der Waals surface area contributed by atoms with E-state index in [1.54, 1.807) is 24.3 Å². The van der Waals surface area contributed by atoms with Gasteiger partial charge in [-0.2, -0.15) is 0 Å². The molecule has 0 aliphatic rings. The Morgan fingerprint density at radius 3 is 2.24 bits per heavy atom. The van der Waals surface area contributed by atoms with Crippen molar-refractivity contribution in [3.05, 3.63) is 65.7 Å². The number of ether oxygens (including phenoxy) is 1. The molecule has 3 aromatic carbocycles. The lowest BCUT2D eigenvalue weighted by atomic mass is 10.0. The van der Waals surface area contributed by atoms with E-state index in [1.807, 2.05) is 0 Å². The van der Waals surface area contributed by atoms with Gasteiger partial charge in [0.25, 0.3) is 5.91 Å². The number of rotatable bonds is 5. The van der Waals surface area contributed by atoms with Gasteiger partial charge in [0, 0.05) is 22.0 Å². The molecule has 8 heteroatoms. The molecule has 8 nitrogen and oxygen atoms in total. The number of amides is 2. The van der Waals surface area contributed by atoms with E-state index in [2.05, 4.69) is 5.32 Å². The van der Waals surface area contributed by atoms with E-state index in [0.29, 0.717) is 11.1 Å². The number of phenolic OH excluding ortho intramolecular Hbond substituents is 2. The van der Waals surface area contributed by atoms with Crippen LogP contribution in [0.25, 0.3) is 10.8 Å². The van der Waals surface area contributed by atoms with Crippen molar-refractivity contribution in [2.75, 3.05) is 5.32 Å². The number of hydrogen-bond acceptors (Lipinski definition) is 6. The van der Waals surface area contributed by atoms with Crippen LogP contribution in [0.15, 0.2) is 54.6 Å². The normalized spacial score (nSPS) is 11.6. The molecule has 0 aromatic heterocycles. The maximum absolute atomic E-state index is 12.4. The van der Waals surface area contributed by atoms with Gasteiger partial charge >= 0.3 is 5.97 Å². The number of aromatic hydroxyl groups is 2. The number of hydrogen-bond donors (Lipinski definition) is 4. The van der Waals surface area contributed by atoms with Crippen LogP contribution >= 0.6 is 0 Å². The molecular weight excluding hydrogens is 376 g/mol. The summed E-state index contributed by atoms with van der Waals surface area (Å²) < 4.78 is 5.12. The molecule has 0 saturated carbocycles. The van der Waals surface area contributed by atoms with Gasteiger partial charge in [0.2, 0.25) is 5.91 Å². The lowest BCUT2D eigenvalue weighted by Gasteiger charge is -2.15. The highest BCUT2D eigenvalue weighted by Gasteiger charge is 2.23. The third kappa shape index (κ3) is 4.11. The number of fused-ring (bicyclic) bond motifs is 1. The smallest absolute Gasteiger partial charge is 0.342 e. The van der Waals surface area contributed by atoms with Crippen LogP contribution in [0.2, 0.25) is 0 Å². The lowest BCUT2D eigenvalue weighted by Crippen LogP contribution is -2.30. The van der Waals surface area contributed by atoms with E-state index in [9.17, 15) is 24.6 Å². The first-order chi connectivity index (χ1) is 13.8. The molecule has 29 heavy (non-hydrogen) atoms. The summed E-state index contributed by atoms with van der Waals surface area (Å²) in [5.74, 6) is -2.72. The maximum atomic E-state index is 12.4. The number of benzene rings is 3. The van der Waals surface area contributed by atoms with Crippen molar-refractivity contribution in [1.29, 1.82) is 0 Å². The fraction of sp³-hybridized carbons (Fsp3) is 0.0952. The fourth-order valence-electron chi connectivity index (χ4n) is 2.74. The van der Waals surface area contributed by atoms with Gasteiger partial charge < -0.3 is 26.0 Å². The second-order valence-corrected chi connectivity index (χ2v) is 6.32. The van der Waals surface area contributed by atoms with Crippen molar-refractivity contribution < 1.29 is 29.3 Å². The minimum atomic E-state index is -1.19. The molecule has 0 saturated heterocycles. The quantitative estimate of drug-likeness (QED) is 0.387. The topological polar surface area (TPSA) is 139 Å². The van der Waals surface area contributed by atoms with Crippen molar-refractivity contribution in [2.24, 2.45) is 5.73 Å². The predicted octanol–water partition coefficient (Wildman–Crippen LogP) is 2.53. The standard InChI is InChI=1S/C21H18N2O6/c1-11(20(27)23-13-8-6-12(7-9-13)19(22)26)29-21(28)16-10-17(24)14-4-2-3-5-15(14)18(16)25/h2-11,24-25H,1H3,(H2,22,26)(H,23,27)/t11-/m1/s1. The first-order valence-corrected chi connectivity index (χ1v) is 8.63. The van der Waals surface area contributed by atoms with Crippen LogP contribution in [-0.2, 0) is 9.53 Å². The van der Waals surface area contributed by atoms with Crippen LogP contribution in [0.5, 0.6) is 11.5 Å². The third-order valence-electron chi connectivity index (χ3n) is 4.30. The largest absolute Gasteiger partial charge is 0.507 e. The highest BCUT2D eigenvalue weighted by Crippen LogP contribution is 2.35. The van der Waals surface area contributed by atoms with Crippen molar-refractivity contribution in [2.45, 2.75) is 13.0 Å². The Hall–Kier alpha value is -4.07. The number of carbonyl (C=O) groups excluding carboxylic acids is 3. The highest BCUT2D eigenvalue weighted by atomic mass is 16.5. The van der Waals surface area contributed by atoms with Gasteiger partial charge in [0.1, 0.15) is 17.1 Å². The molecule has 2 amide bonds. The van der Waals surface area contributed by atoms with Gasteiger partial charge in [0.15, 0.2) is 6.10 Å². The zero-order valence-electron chi connectivity index (χ0n) is 15.4. The van der Waals surface area contributed by atoms with Crippen LogP contribution in [0, 0.1) is 0 Å². The van der Waals surface area contributed by atoms with Crippen molar-refractivity contribution in [3.8, 4) is 11.5 Å². The van der Waals surface area contributed by atoms with Crippen molar-refractivity contribution >= 4 is 34.2 Å². The number of anilines is 1. The van der Waals surface area contributed by atoms with Gasteiger partial charge in [0.05, 0.1) is 0 Å². The SMILES string of the molecule is C[C@@H](OC(=O)c1cc(O)c2ccccc2c1O)C(=O)Nc1ccc(C(N)=O)cc1.